The van der Waals surface area contributed by atoms with Crippen molar-refractivity contribution in [1.82, 2.24) is 10.3 Å². The van der Waals surface area contributed by atoms with Gasteiger partial charge in [0.25, 0.3) is 0 Å². The van der Waals surface area contributed by atoms with E-state index in [0.29, 0.717) is 5.88 Å². The maximum Gasteiger partial charge on any atom is 0.219 e. The molecule has 32 heavy (non-hydrogen) atoms. The van der Waals surface area contributed by atoms with Crippen molar-refractivity contribution in [3.63, 3.8) is 0 Å². The van der Waals surface area contributed by atoms with Gasteiger partial charge in [0.15, 0.2) is 0 Å². The Morgan fingerprint density at radius 2 is 1.62 bits per heavy atom. The maximum atomic E-state index is 6.15. The molecule has 0 spiro atoms. The molecule has 0 fully saturated rings. The lowest BCUT2D eigenvalue weighted by molar-refractivity contribution is 0.463. The Morgan fingerprint density at radius 1 is 0.781 bits per heavy atom. The fraction of sp³-hybridized carbons (Fsp3) is 0. The van der Waals surface area contributed by atoms with Gasteiger partial charge in [-0.3, -0.25) is 0 Å². The fourth-order valence-corrected chi connectivity index (χ4v) is 4.56. The summed E-state index contributed by atoms with van der Waals surface area (Å²) in [5.41, 5.74) is 8.14. The van der Waals surface area contributed by atoms with Crippen LogP contribution in [0.3, 0.4) is 0 Å². The zero-order chi connectivity index (χ0) is 21.1. The highest BCUT2D eigenvalue weighted by Gasteiger charge is 2.20. The topological polar surface area (TPSA) is 46.5 Å². The van der Waals surface area contributed by atoms with E-state index in [4.69, 9.17) is 14.7 Å². The Bertz CT molecular complexity index is 1630. The Hall–Kier alpha value is -4.44. The molecule has 0 saturated heterocycles. The number of nitrogens with one attached hydrogen (secondary N) is 1. The van der Waals surface area contributed by atoms with Crippen molar-refractivity contribution in [2.45, 2.75) is 0 Å². The Labute approximate surface area is 184 Å². The minimum absolute atomic E-state index is 0.557. The van der Waals surface area contributed by atoms with Gasteiger partial charge in [-0.05, 0) is 30.4 Å². The minimum Gasteiger partial charge on any atom is -0.439 e. The molecule has 150 valence electrons. The van der Waals surface area contributed by atoms with Crippen LogP contribution in [-0.2, 0) is 0 Å². The Kier molecular flexibility index (Phi) is 3.52. The summed E-state index contributed by atoms with van der Waals surface area (Å²) >= 11 is 0. The van der Waals surface area contributed by atoms with Crippen LogP contribution in [0.25, 0.3) is 33.8 Å². The number of fused-ring (bicyclic) bond motifs is 9. The first kappa shape index (κ1) is 17.3. The average Bonchev–Trinajstić information content (AvgIpc) is 3.23. The maximum absolute atomic E-state index is 6.15. The summed E-state index contributed by atoms with van der Waals surface area (Å²) in [7, 11) is 0. The van der Waals surface area contributed by atoms with Crippen molar-refractivity contribution in [3.05, 3.63) is 113 Å². The van der Waals surface area contributed by atoms with Crippen LogP contribution >= 0.6 is 0 Å². The van der Waals surface area contributed by atoms with Crippen LogP contribution in [-0.4, -0.2) is 4.98 Å². The van der Waals surface area contributed by atoms with Gasteiger partial charge in [-0.2, -0.15) is 0 Å². The lowest BCUT2D eigenvalue weighted by atomic mass is 9.99. The van der Waals surface area contributed by atoms with E-state index in [1.165, 1.54) is 0 Å². The largest absolute Gasteiger partial charge is 0.439 e. The number of benzene rings is 3. The molecule has 0 saturated carbocycles. The predicted molar refractivity (Wildman–Crippen MR) is 126 cm³/mol. The molecule has 4 nitrogen and oxygen atoms in total. The zero-order valence-electron chi connectivity index (χ0n) is 17.0. The molecule has 3 aliphatic heterocycles. The molecule has 1 N–H and O–H groups in total. The third-order valence-corrected chi connectivity index (χ3v) is 6.04. The lowest BCUT2D eigenvalue weighted by Crippen LogP contribution is -2.32. The molecule has 0 radical (unpaired) electrons. The number of ether oxygens (including phenoxy) is 1. The standard InChI is InChI=1S/C28H17N3O/c1-6-17-16-18(7-1)32-26-15-5-14-25(30-26)22-11-3-9-20-19-8-2-10-21(27(19)31-28(20)22)24-13-4-12-23(17)29-24/h1-16,29H. The zero-order valence-corrected chi connectivity index (χ0v) is 17.0. The first-order valence-corrected chi connectivity index (χ1v) is 10.6. The van der Waals surface area contributed by atoms with Crippen LogP contribution in [0.5, 0.6) is 11.6 Å². The minimum atomic E-state index is 0.557. The van der Waals surface area contributed by atoms with E-state index in [1.807, 2.05) is 36.4 Å². The van der Waals surface area contributed by atoms with E-state index < -0.39 is 0 Å². The number of allylic oxidation sites excluding steroid dienone is 2. The number of para-hydroxylation sites is 2. The lowest BCUT2D eigenvalue weighted by Gasteiger charge is -2.16. The third-order valence-electron chi connectivity index (χ3n) is 6.04. The van der Waals surface area contributed by atoms with Gasteiger partial charge in [0.1, 0.15) is 5.75 Å². The fourth-order valence-electron chi connectivity index (χ4n) is 4.56. The average molecular weight is 411 g/mol. The second kappa shape index (κ2) is 6.53. The summed E-state index contributed by atoms with van der Waals surface area (Å²) in [5, 5.41) is 5.67. The van der Waals surface area contributed by atoms with Crippen molar-refractivity contribution in [2.24, 2.45) is 4.99 Å². The summed E-state index contributed by atoms with van der Waals surface area (Å²) in [5.74, 6) is 1.30. The first-order chi connectivity index (χ1) is 15.8. The van der Waals surface area contributed by atoms with Gasteiger partial charge in [-0.15, -0.1) is 0 Å². The van der Waals surface area contributed by atoms with Gasteiger partial charge in [0, 0.05) is 44.9 Å². The van der Waals surface area contributed by atoms with Crippen LogP contribution < -0.4 is 20.6 Å². The highest BCUT2D eigenvalue weighted by Crippen LogP contribution is 2.40. The van der Waals surface area contributed by atoms with Crippen LogP contribution in [0.4, 0.5) is 5.69 Å². The van der Waals surface area contributed by atoms with Crippen LogP contribution in [0.1, 0.15) is 5.56 Å². The molecule has 8 bridgehead atoms. The predicted octanol–water partition coefficient (Wildman–Crippen LogP) is 5.09. The highest BCUT2D eigenvalue weighted by molar-refractivity contribution is 5.90. The molecule has 1 aromatic heterocycles. The second-order valence-electron chi connectivity index (χ2n) is 7.98. The SMILES string of the molecule is C1=CC2=c3cccc4c3=Nc3c(cccc3-4)-c3cccc(n3)Oc3cccc(c3)C(=C1)N2. The molecule has 0 atom stereocenters. The van der Waals surface area contributed by atoms with E-state index in [2.05, 4.69) is 66.0 Å². The summed E-state index contributed by atoms with van der Waals surface area (Å²) < 4.78 is 6.15. The summed E-state index contributed by atoms with van der Waals surface area (Å²) in [6.07, 6.45) is 6.25. The molecule has 0 unspecified atom stereocenters. The van der Waals surface area contributed by atoms with Crippen molar-refractivity contribution in [2.75, 3.05) is 0 Å². The number of nitrogens with zero attached hydrogens (tertiary/aromatic N) is 2. The summed E-state index contributed by atoms with van der Waals surface area (Å²) in [6, 6.07) is 26.6. The van der Waals surface area contributed by atoms with E-state index in [-0.39, 0.29) is 0 Å². The van der Waals surface area contributed by atoms with Gasteiger partial charge < -0.3 is 10.1 Å². The van der Waals surface area contributed by atoms with Crippen molar-refractivity contribution in [3.8, 4) is 34.0 Å². The number of pyridine rings is 1. The second-order valence-corrected chi connectivity index (χ2v) is 7.98. The Morgan fingerprint density at radius 3 is 2.62 bits per heavy atom. The van der Waals surface area contributed by atoms with Crippen LogP contribution in [0.2, 0.25) is 0 Å². The van der Waals surface area contributed by atoms with Crippen molar-refractivity contribution >= 4 is 17.1 Å². The summed E-state index contributed by atoms with van der Waals surface area (Å²) in [6.45, 7) is 0. The Balaban J connectivity index is 1.59. The monoisotopic (exact) mass is 411 g/mol. The van der Waals surface area contributed by atoms with Gasteiger partial charge in [-0.1, -0.05) is 60.7 Å². The van der Waals surface area contributed by atoms with Crippen LogP contribution in [0.15, 0.2) is 102 Å². The van der Waals surface area contributed by atoms with Gasteiger partial charge >= 0.3 is 0 Å². The van der Waals surface area contributed by atoms with E-state index >= 15 is 0 Å². The van der Waals surface area contributed by atoms with E-state index in [0.717, 1.165) is 61.4 Å². The molecule has 4 aromatic rings. The molecule has 0 amide bonds. The molecular weight excluding hydrogens is 394 g/mol. The number of hydrogen-bond acceptors (Lipinski definition) is 4. The van der Waals surface area contributed by atoms with Gasteiger partial charge in [0.2, 0.25) is 5.88 Å². The number of dihydropyridines is 1. The summed E-state index contributed by atoms with van der Waals surface area (Å²) in [4.78, 5) is 9.93. The quantitative estimate of drug-likeness (QED) is 0.386. The highest BCUT2D eigenvalue weighted by atomic mass is 16.5. The van der Waals surface area contributed by atoms with E-state index in [9.17, 15) is 0 Å². The molecule has 7 rings (SSSR count). The third kappa shape index (κ3) is 2.56. The molecule has 4 heteroatoms. The number of aromatic nitrogens is 1. The number of rotatable bonds is 0. The first-order valence-electron chi connectivity index (χ1n) is 10.6. The molecule has 3 aliphatic rings. The smallest absolute Gasteiger partial charge is 0.219 e. The van der Waals surface area contributed by atoms with Crippen LogP contribution in [0, 0.1) is 0 Å². The molecular formula is C28H17N3O. The number of hydrogen-bond donors (Lipinski definition) is 1. The molecule has 3 aromatic carbocycles. The molecule has 0 aliphatic carbocycles. The normalized spacial score (nSPS) is 14.4. The van der Waals surface area contributed by atoms with Gasteiger partial charge in [0.05, 0.1) is 16.7 Å². The van der Waals surface area contributed by atoms with Gasteiger partial charge in [-0.25, -0.2) is 9.98 Å². The molecule has 4 heterocycles. The van der Waals surface area contributed by atoms with E-state index in [1.54, 1.807) is 0 Å². The van der Waals surface area contributed by atoms with Crippen molar-refractivity contribution < 1.29 is 4.74 Å². The van der Waals surface area contributed by atoms with Crippen molar-refractivity contribution in [1.29, 1.82) is 0 Å².